The number of carbonyl (C=O) groups is 1. The van der Waals surface area contributed by atoms with Crippen molar-refractivity contribution in [2.75, 3.05) is 13.2 Å². The smallest absolute Gasteiger partial charge is 0.410 e. The van der Waals surface area contributed by atoms with Crippen LogP contribution in [0.2, 0.25) is 0 Å². The van der Waals surface area contributed by atoms with E-state index in [9.17, 15) is 13.6 Å². The van der Waals surface area contributed by atoms with Crippen LogP contribution in [0.4, 0.5) is 13.6 Å². The molecule has 5 heteroatoms. The van der Waals surface area contributed by atoms with Gasteiger partial charge in [0.25, 0.3) is 0 Å². The summed E-state index contributed by atoms with van der Waals surface area (Å²) in [4.78, 5) is 13.1. The molecule has 1 saturated heterocycles. The molecule has 1 saturated carbocycles. The van der Waals surface area contributed by atoms with E-state index >= 15 is 0 Å². The van der Waals surface area contributed by atoms with Gasteiger partial charge < -0.3 is 9.64 Å². The minimum Gasteiger partial charge on any atom is -0.449 e. The Morgan fingerprint density at radius 3 is 2.83 bits per heavy atom. The Balaban J connectivity index is 2.06. The number of alkyl halides is 2. The van der Waals surface area contributed by atoms with Crippen molar-refractivity contribution < 1.29 is 18.3 Å². The van der Waals surface area contributed by atoms with E-state index in [-0.39, 0.29) is 24.8 Å². The molecule has 0 aromatic heterocycles. The third kappa shape index (κ3) is 3.12. The Kier molecular flexibility index (Phi) is 4.07. The quantitative estimate of drug-likeness (QED) is 0.713. The maximum atomic E-state index is 13.9. The molecular formula is C13H21F2NO2. The standard InChI is InChI=1S/C13H21F2NO2/c1-2-10-4-5-11(9-13(14,15)8-10)16-6-3-7-18-12(16)17/h10-11H,2-9H2,1H3. The van der Waals surface area contributed by atoms with Gasteiger partial charge in [-0.1, -0.05) is 13.3 Å². The summed E-state index contributed by atoms with van der Waals surface area (Å²) >= 11 is 0. The molecule has 2 unspecified atom stereocenters. The van der Waals surface area contributed by atoms with Crippen molar-refractivity contribution in [1.82, 2.24) is 4.90 Å². The zero-order valence-corrected chi connectivity index (χ0v) is 10.8. The van der Waals surface area contributed by atoms with Crippen molar-refractivity contribution in [3.05, 3.63) is 0 Å². The highest BCUT2D eigenvalue weighted by molar-refractivity contribution is 5.68. The Hall–Kier alpha value is -0.870. The molecule has 1 aliphatic carbocycles. The molecule has 1 aliphatic heterocycles. The van der Waals surface area contributed by atoms with Gasteiger partial charge in [-0.15, -0.1) is 0 Å². The number of amides is 1. The summed E-state index contributed by atoms with van der Waals surface area (Å²) < 4.78 is 32.7. The lowest BCUT2D eigenvalue weighted by Crippen LogP contribution is -2.46. The zero-order chi connectivity index (χ0) is 13.2. The predicted octanol–water partition coefficient (Wildman–Crippen LogP) is 3.43. The fourth-order valence-corrected chi connectivity index (χ4v) is 3.00. The minimum absolute atomic E-state index is 0.0388. The van der Waals surface area contributed by atoms with Crippen LogP contribution in [-0.2, 0) is 4.74 Å². The Morgan fingerprint density at radius 1 is 1.39 bits per heavy atom. The van der Waals surface area contributed by atoms with Crippen LogP contribution in [-0.4, -0.2) is 36.1 Å². The van der Waals surface area contributed by atoms with Gasteiger partial charge in [-0.3, -0.25) is 0 Å². The number of cyclic esters (lactones) is 1. The number of carbonyl (C=O) groups excluding carboxylic acids is 1. The normalized spacial score (nSPS) is 32.8. The van der Waals surface area contributed by atoms with Crippen LogP contribution in [0.1, 0.15) is 45.4 Å². The Morgan fingerprint density at radius 2 is 2.17 bits per heavy atom. The predicted molar refractivity (Wildman–Crippen MR) is 63.7 cm³/mol. The van der Waals surface area contributed by atoms with Crippen molar-refractivity contribution in [1.29, 1.82) is 0 Å². The number of halogens is 2. The molecule has 18 heavy (non-hydrogen) atoms. The highest BCUT2D eigenvalue weighted by Crippen LogP contribution is 2.38. The average Bonchev–Trinajstić information content (AvgIpc) is 2.48. The molecule has 2 rings (SSSR count). The summed E-state index contributed by atoms with van der Waals surface area (Å²) in [5.74, 6) is -2.58. The molecule has 0 N–H and O–H groups in total. The van der Waals surface area contributed by atoms with Crippen molar-refractivity contribution in [3.8, 4) is 0 Å². The number of ether oxygens (including phenoxy) is 1. The van der Waals surface area contributed by atoms with Gasteiger partial charge in [0.1, 0.15) is 0 Å². The molecule has 2 aliphatic rings. The number of hydrogen-bond donors (Lipinski definition) is 0. The first-order valence-electron chi connectivity index (χ1n) is 6.83. The lowest BCUT2D eigenvalue weighted by atomic mass is 9.96. The van der Waals surface area contributed by atoms with Crippen LogP contribution in [0.15, 0.2) is 0 Å². The summed E-state index contributed by atoms with van der Waals surface area (Å²) in [6.07, 6.45) is 2.31. The van der Waals surface area contributed by atoms with E-state index in [1.165, 1.54) is 4.90 Å². The second-order valence-corrected chi connectivity index (χ2v) is 5.43. The van der Waals surface area contributed by atoms with Crippen LogP contribution in [0.25, 0.3) is 0 Å². The van der Waals surface area contributed by atoms with E-state index in [1.807, 2.05) is 6.92 Å². The molecule has 2 atom stereocenters. The highest BCUT2D eigenvalue weighted by Gasteiger charge is 2.41. The first-order chi connectivity index (χ1) is 8.52. The van der Waals surface area contributed by atoms with Gasteiger partial charge in [0.2, 0.25) is 5.92 Å². The Bertz CT molecular complexity index is 309. The molecule has 0 radical (unpaired) electrons. The van der Waals surface area contributed by atoms with Crippen molar-refractivity contribution >= 4 is 6.09 Å². The molecule has 0 spiro atoms. The monoisotopic (exact) mass is 261 g/mol. The van der Waals surface area contributed by atoms with E-state index in [4.69, 9.17) is 4.74 Å². The Labute approximate surface area is 106 Å². The van der Waals surface area contributed by atoms with Crippen molar-refractivity contribution in [2.45, 2.75) is 57.4 Å². The van der Waals surface area contributed by atoms with Gasteiger partial charge in [-0.05, 0) is 25.2 Å². The molecule has 1 amide bonds. The molecule has 2 fully saturated rings. The first kappa shape index (κ1) is 13.6. The summed E-state index contributed by atoms with van der Waals surface area (Å²) in [6.45, 7) is 2.92. The second kappa shape index (κ2) is 5.41. The lowest BCUT2D eigenvalue weighted by molar-refractivity contribution is -0.0443. The van der Waals surface area contributed by atoms with Gasteiger partial charge in [-0.2, -0.15) is 0 Å². The third-order valence-electron chi connectivity index (χ3n) is 4.05. The van der Waals surface area contributed by atoms with Gasteiger partial charge in [0, 0.05) is 25.4 Å². The molecule has 0 aromatic carbocycles. The van der Waals surface area contributed by atoms with Gasteiger partial charge in [0.15, 0.2) is 0 Å². The van der Waals surface area contributed by atoms with E-state index in [0.29, 0.717) is 19.6 Å². The fourth-order valence-electron chi connectivity index (χ4n) is 3.00. The third-order valence-corrected chi connectivity index (χ3v) is 4.05. The fraction of sp³-hybridized carbons (Fsp3) is 0.923. The summed E-state index contributed by atoms with van der Waals surface area (Å²) in [5.41, 5.74) is 0. The molecule has 104 valence electrons. The minimum atomic E-state index is -2.65. The number of rotatable bonds is 2. The van der Waals surface area contributed by atoms with Crippen molar-refractivity contribution in [3.63, 3.8) is 0 Å². The van der Waals surface area contributed by atoms with E-state index in [1.54, 1.807) is 0 Å². The van der Waals surface area contributed by atoms with E-state index in [0.717, 1.165) is 19.3 Å². The maximum absolute atomic E-state index is 13.9. The maximum Gasteiger partial charge on any atom is 0.410 e. The molecular weight excluding hydrogens is 240 g/mol. The summed E-state index contributed by atoms with van der Waals surface area (Å²) in [5, 5.41) is 0. The first-order valence-corrected chi connectivity index (χ1v) is 6.83. The van der Waals surface area contributed by atoms with Crippen LogP contribution in [0.3, 0.4) is 0 Å². The largest absolute Gasteiger partial charge is 0.449 e. The van der Waals surface area contributed by atoms with Crippen LogP contribution < -0.4 is 0 Å². The van der Waals surface area contributed by atoms with Crippen LogP contribution in [0, 0.1) is 5.92 Å². The SMILES string of the molecule is CCC1CCC(N2CCCOC2=O)CC(F)(F)C1. The van der Waals surface area contributed by atoms with Gasteiger partial charge in [0.05, 0.1) is 6.61 Å². The molecule has 0 aromatic rings. The topological polar surface area (TPSA) is 29.5 Å². The summed E-state index contributed by atoms with van der Waals surface area (Å²) in [7, 11) is 0. The number of hydrogen-bond acceptors (Lipinski definition) is 2. The van der Waals surface area contributed by atoms with E-state index < -0.39 is 12.0 Å². The van der Waals surface area contributed by atoms with Gasteiger partial charge in [-0.25, -0.2) is 13.6 Å². The molecule has 1 heterocycles. The van der Waals surface area contributed by atoms with Crippen LogP contribution in [0.5, 0.6) is 0 Å². The zero-order valence-electron chi connectivity index (χ0n) is 10.8. The van der Waals surface area contributed by atoms with Gasteiger partial charge >= 0.3 is 6.09 Å². The van der Waals surface area contributed by atoms with Crippen LogP contribution >= 0.6 is 0 Å². The average molecular weight is 261 g/mol. The highest BCUT2D eigenvalue weighted by atomic mass is 19.3. The van der Waals surface area contributed by atoms with Crippen molar-refractivity contribution in [2.24, 2.45) is 5.92 Å². The lowest BCUT2D eigenvalue weighted by Gasteiger charge is -2.34. The molecule has 3 nitrogen and oxygen atoms in total. The number of nitrogens with zero attached hydrogens (tertiary/aromatic N) is 1. The van der Waals surface area contributed by atoms with E-state index in [2.05, 4.69) is 0 Å². The summed E-state index contributed by atoms with van der Waals surface area (Å²) in [6, 6.07) is -0.357. The molecule has 0 bridgehead atoms. The second-order valence-electron chi connectivity index (χ2n) is 5.43.